The van der Waals surface area contributed by atoms with Gasteiger partial charge in [-0.2, -0.15) is 0 Å². The van der Waals surface area contributed by atoms with Crippen molar-refractivity contribution in [2.24, 2.45) is 0 Å². The van der Waals surface area contributed by atoms with E-state index < -0.39 is 6.10 Å². The molecule has 140 valence electrons. The Morgan fingerprint density at radius 2 is 1.89 bits per heavy atom. The number of hydrogen-bond acceptors (Lipinski definition) is 4. The van der Waals surface area contributed by atoms with E-state index in [0.717, 1.165) is 35.8 Å². The minimum atomic E-state index is -0.640. The third-order valence-corrected chi connectivity index (χ3v) is 4.73. The first-order valence-electron chi connectivity index (χ1n) is 9.33. The van der Waals surface area contributed by atoms with E-state index in [-0.39, 0.29) is 11.4 Å². The third-order valence-electron chi connectivity index (χ3n) is 4.73. The predicted octanol–water partition coefficient (Wildman–Crippen LogP) is 5.09. The maximum Gasteiger partial charge on any atom is 0.336 e. The number of carbonyl (C=O) groups excluding carboxylic acids is 1. The lowest BCUT2D eigenvalue weighted by molar-refractivity contribution is 0.0817. The van der Waals surface area contributed by atoms with Crippen LogP contribution in [0, 0.1) is 6.92 Å². The molecule has 0 amide bonds. The van der Waals surface area contributed by atoms with Gasteiger partial charge in [0.2, 0.25) is 5.78 Å². The standard InChI is InChI=1S/C23H24O4/c1-4-5-9-18-14-21(24)27-23-15(2)20(13-12-19(18)23)26-16(3)22(25)17-10-7-6-8-11-17/h6-8,10-14,16H,4-5,9H2,1-3H3/t16-/m0/s1. The zero-order valence-corrected chi connectivity index (χ0v) is 16.0. The van der Waals surface area contributed by atoms with Crippen molar-refractivity contribution < 1.29 is 13.9 Å². The van der Waals surface area contributed by atoms with Crippen molar-refractivity contribution in [2.45, 2.75) is 46.1 Å². The van der Waals surface area contributed by atoms with E-state index in [9.17, 15) is 9.59 Å². The van der Waals surface area contributed by atoms with Gasteiger partial charge in [0.05, 0.1) is 0 Å². The quantitative estimate of drug-likeness (QED) is 0.433. The molecule has 1 atom stereocenters. The smallest absolute Gasteiger partial charge is 0.336 e. The summed E-state index contributed by atoms with van der Waals surface area (Å²) >= 11 is 0. The number of aryl methyl sites for hydroxylation is 2. The van der Waals surface area contributed by atoms with Crippen molar-refractivity contribution in [3.63, 3.8) is 0 Å². The molecule has 3 aromatic rings. The van der Waals surface area contributed by atoms with Gasteiger partial charge in [-0.25, -0.2) is 4.79 Å². The zero-order chi connectivity index (χ0) is 19.4. The fraction of sp³-hybridized carbons (Fsp3) is 0.304. The van der Waals surface area contributed by atoms with Gasteiger partial charge in [0.15, 0.2) is 6.10 Å². The number of rotatable bonds is 7. The lowest BCUT2D eigenvalue weighted by atomic mass is 10.0. The van der Waals surface area contributed by atoms with Gasteiger partial charge in [-0.15, -0.1) is 0 Å². The largest absolute Gasteiger partial charge is 0.482 e. The van der Waals surface area contributed by atoms with Gasteiger partial charge in [0.1, 0.15) is 11.3 Å². The van der Waals surface area contributed by atoms with Crippen LogP contribution in [0.15, 0.2) is 57.7 Å². The fourth-order valence-electron chi connectivity index (χ4n) is 3.19. The highest BCUT2D eigenvalue weighted by molar-refractivity contribution is 5.99. The molecule has 0 N–H and O–H groups in total. The molecule has 0 bridgehead atoms. The molecule has 4 nitrogen and oxygen atoms in total. The second-order valence-electron chi connectivity index (χ2n) is 6.75. The first-order chi connectivity index (χ1) is 13.0. The monoisotopic (exact) mass is 364 g/mol. The summed E-state index contributed by atoms with van der Waals surface area (Å²) in [5, 5.41) is 0.926. The van der Waals surface area contributed by atoms with E-state index in [1.807, 2.05) is 37.3 Å². The van der Waals surface area contributed by atoms with Crippen LogP contribution in [0.25, 0.3) is 11.0 Å². The number of ether oxygens (including phenoxy) is 1. The number of ketones is 1. The Labute approximate surface area is 158 Å². The highest BCUT2D eigenvalue weighted by atomic mass is 16.5. The highest BCUT2D eigenvalue weighted by Gasteiger charge is 2.19. The molecular weight excluding hydrogens is 340 g/mol. The van der Waals surface area contributed by atoms with Crippen molar-refractivity contribution in [3.05, 3.63) is 75.6 Å². The van der Waals surface area contributed by atoms with Gasteiger partial charge < -0.3 is 9.15 Å². The number of benzene rings is 2. The van der Waals surface area contributed by atoms with E-state index >= 15 is 0 Å². The van der Waals surface area contributed by atoms with Crippen molar-refractivity contribution in [3.8, 4) is 5.75 Å². The zero-order valence-electron chi connectivity index (χ0n) is 16.0. The first kappa shape index (κ1) is 18.9. The van der Waals surface area contributed by atoms with Crippen LogP contribution in [0.3, 0.4) is 0 Å². The number of unbranched alkanes of at least 4 members (excludes halogenated alkanes) is 1. The molecule has 0 aliphatic carbocycles. The predicted molar refractivity (Wildman–Crippen MR) is 107 cm³/mol. The van der Waals surface area contributed by atoms with E-state index in [2.05, 4.69) is 6.92 Å². The molecule has 27 heavy (non-hydrogen) atoms. The molecule has 0 radical (unpaired) electrons. The van der Waals surface area contributed by atoms with Crippen molar-refractivity contribution >= 4 is 16.8 Å². The average Bonchev–Trinajstić information content (AvgIpc) is 2.68. The van der Waals surface area contributed by atoms with Crippen LogP contribution in [-0.2, 0) is 6.42 Å². The Hall–Kier alpha value is -2.88. The number of Topliss-reactive ketones (excluding diaryl/α,β-unsaturated/α-hetero) is 1. The first-order valence-corrected chi connectivity index (χ1v) is 9.33. The van der Waals surface area contributed by atoms with Gasteiger partial charge in [-0.05, 0) is 44.4 Å². The van der Waals surface area contributed by atoms with E-state index in [1.54, 1.807) is 25.1 Å². The fourth-order valence-corrected chi connectivity index (χ4v) is 3.19. The van der Waals surface area contributed by atoms with E-state index in [1.165, 1.54) is 0 Å². The summed E-state index contributed by atoms with van der Waals surface area (Å²) in [6.07, 6.45) is 2.26. The van der Waals surface area contributed by atoms with Gasteiger partial charge in [0, 0.05) is 22.6 Å². The minimum absolute atomic E-state index is 0.0896. The molecule has 1 heterocycles. The molecule has 0 spiro atoms. The number of carbonyl (C=O) groups is 1. The summed E-state index contributed by atoms with van der Waals surface area (Å²) < 4.78 is 11.4. The molecule has 4 heteroatoms. The summed E-state index contributed by atoms with van der Waals surface area (Å²) in [7, 11) is 0. The summed E-state index contributed by atoms with van der Waals surface area (Å²) in [5.74, 6) is 0.461. The Bertz CT molecular complexity index is 1000. The lowest BCUT2D eigenvalue weighted by Crippen LogP contribution is -2.24. The van der Waals surface area contributed by atoms with Gasteiger partial charge in [-0.1, -0.05) is 43.7 Å². The molecule has 0 aliphatic heterocycles. The summed E-state index contributed by atoms with van der Waals surface area (Å²) in [6.45, 7) is 5.70. The Morgan fingerprint density at radius 1 is 1.15 bits per heavy atom. The number of hydrogen-bond donors (Lipinski definition) is 0. The third kappa shape index (κ3) is 4.11. The molecule has 0 fully saturated rings. The van der Waals surface area contributed by atoms with Crippen LogP contribution < -0.4 is 10.4 Å². The summed E-state index contributed by atoms with van der Waals surface area (Å²) in [5.41, 5.74) is 2.51. The Kier molecular flexibility index (Phi) is 5.75. The minimum Gasteiger partial charge on any atom is -0.482 e. The summed E-state index contributed by atoms with van der Waals surface area (Å²) in [6, 6.07) is 14.4. The Balaban J connectivity index is 1.93. The van der Waals surface area contributed by atoms with Gasteiger partial charge in [-0.3, -0.25) is 4.79 Å². The van der Waals surface area contributed by atoms with Crippen molar-refractivity contribution in [1.82, 2.24) is 0 Å². The van der Waals surface area contributed by atoms with E-state index in [0.29, 0.717) is 16.9 Å². The second-order valence-corrected chi connectivity index (χ2v) is 6.75. The van der Waals surface area contributed by atoms with Crippen LogP contribution in [-0.4, -0.2) is 11.9 Å². The van der Waals surface area contributed by atoms with Crippen molar-refractivity contribution in [2.75, 3.05) is 0 Å². The average molecular weight is 364 g/mol. The lowest BCUT2D eigenvalue weighted by Gasteiger charge is -2.17. The molecule has 3 rings (SSSR count). The highest BCUT2D eigenvalue weighted by Crippen LogP contribution is 2.30. The molecular formula is C23H24O4. The summed E-state index contributed by atoms with van der Waals surface area (Å²) in [4.78, 5) is 24.5. The Morgan fingerprint density at radius 3 is 2.59 bits per heavy atom. The van der Waals surface area contributed by atoms with Crippen LogP contribution >= 0.6 is 0 Å². The normalized spacial score (nSPS) is 12.1. The molecule has 0 saturated carbocycles. The van der Waals surface area contributed by atoms with E-state index in [4.69, 9.17) is 9.15 Å². The molecule has 0 saturated heterocycles. The van der Waals surface area contributed by atoms with Gasteiger partial charge in [0.25, 0.3) is 0 Å². The van der Waals surface area contributed by atoms with Crippen LogP contribution in [0.2, 0.25) is 0 Å². The van der Waals surface area contributed by atoms with Crippen LogP contribution in [0.4, 0.5) is 0 Å². The second kappa shape index (κ2) is 8.21. The maximum atomic E-state index is 12.6. The molecule has 0 aliphatic rings. The van der Waals surface area contributed by atoms with Gasteiger partial charge >= 0.3 is 5.63 Å². The molecule has 2 aromatic carbocycles. The molecule has 0 unspecified atom stereocenters. The van der Waals surface area contributed by atoms with Crippen molar-refractivity contribution in [1.29, 1.82) is 0 Å². The number of fused-ring (bicyclic) bond motifs is 1. The maximum absolute atomic E-state index is 12.6. The van der Waals surface area contributed by atoms with Crippen LogP contribution in [0.5, 0.6) is 5.75 Å². The topological polar surface area (TPSA) is 56.5 Å². The SMILES string of the molecule is CCCCc1cc(=O)oc2c(C)c(O[C@@H](C)C(=O)c3ccccc3)ccc12. The van der Waals surface area contributed by atoms with Crippen LogP contribution in [0.1, 0.15) is 48.2 Å². The molecule has 1 aromatic heterocycles.